The number of aromatic nitrogens is 1. The van der Waals surface area contributed by atoms with Crippen molar-refractivity contribution in [2.45, 2.75) is 39.7 Å². The average molecular weight is 312 g/mol. The van der Waals surface area contributed by atoms with Crippen LogP contribution in [-0.4, -0.2) is 17.4 Å². The van der Waals surface area contributed by atoms with Gasteiger partial charge in [-0.15, -0.1) is 0 Å². The Hall–Kier alpha value is -2.36. The molecule has 2 rings (SSSR count). The second kappa shape index (κ2) is 8.93. The van der Waals surface area contributed by atoms with E-state index in [1.807, 2.05) is 43.3 Å². The van der Waals surface area contributed by atoms with Crippen LogP contribution in [0.4, 0.5) is 5.69 Å². The topological polar surface area (TPSA) is 51.2 Å². The number of hydrogen-bond donors (Lipinski definition) is 1. The van der Waals surface area contributed by atoms with Crippen LogP contribution < -0.4 is 10.1 Å². The van der Waals surface area contributed by atoms with Crippen molar-refractivity contribution in [3.8, 4) is 5.88 Å². The Morgan fingerprint density at radius 2 is 1.91 bits per heavy atom. The Balaban J connectivity index is 1.97. The number of carbonyl (C=O) groups excluding carboxylic acids is 1. The Bertz CT molecular complexity index is 624. The molecule has 0 atom stereocenters. The van der Waals surface area contributed by atoms with Crippen molar-refractivity contribution in [2.24, 2.45) is 0 Å². The van der Waals surface area contributed by atoms with Gasteiger partial charge in [0, 0.05) is 36.0 Å². The largest absolute Gasteiger partial charge is 0.477 e. The summed E-state index contributed by atoms with van der Waals surface area (Å²) < 4.78 is 5.66. The summed E-state index contributed by atoms with van der Waals surface area (Å²) in [5, 5.41) is 3.34. The van der Waals surface area contributed by atoms with Crippen LogP contribution in [0.25, 0.3) is 0 Å². The number of pyridine rings is 1. The fraction of sp³-hybridized carbons (Fsp3) is 0.368. The molecule has 0 aliphatic carbocycles. The quantitative estimate of drug-likeness (QED) is 0.694. The van der Waals surface area contributed by atoms with E-state index in [0.29, 0.717) is 25.5 Å². The minimum absolute atomic E-state index is 0.196. The first-order valence-corrected chi connectivity index (χ1v) is 8.18. The van der Waals surface area contributed by atoms with E-state index >= 15 is 0 Å². The highest BCUT2D eigenvalue weighted by molar-refractivity contribution is 5.96. The zero-order chi connectivity index (χ0) is 16.5. The molecular weight excluding hydrogens is 288 g/mol. The van der Waals surface area contributed by atoms with Gasteiger partial charge in [-0.2, -0.15) is 0 Å². The Morgan fingerprint density at radius 3 is 2.61 bits per heavy atom. The van der Waals surface area contributed by atoms with Crippen LogP contribution in [-0.2, 0) is 6.54 Å². The van der Waals surface area contributed by atoms with Crippen LogP contribution in [0.1, 0.15) is 49.0 Å². The van der Waals surface area contributed by atoms with Crippen molar-refractivity contribution >= 4 is 11.5 Å². The molecule has 1 heterocycles. The van der Waals surface area contributed by atoms with E-state index in [4.69, 9.17) is 4.74 Å². The summed E-state index contributed by atoms with van der Waals surface area (Å²) in [7, 11) is 0. The van der Waals surface area contributed by atoms with E-state index in [1.165, 1.54) is 0 Å². The van der Waals surface area contributed by atoms with Crippen molar-refractivity contribution in [2.75, 3.05) is 11.9 Å². The molecule has 0 amide bonds. The molecule has 1 aromatic carbocycles. The first-order chi connectivity index (χ1) is 11.2. The number of hydrogen-bond acceptors (Lipinski definition) is 4. The fourth-order valence-corrected chi connectivity index (χ4v) is 2.23. The molecular formula is C19H24N2O2. The predicted molar refractivity (Wildman–Crippen MR) is 93.0 cm³/mol. The van der Waals surface area contributed by atoms with E-state index in [2.05, 4.69) is 17.2 Å². The van der Waals surface area contributed by atoms with Gasteiger partial charge in [-0.05, 0) is 43.2 Å². The van der Waals surface area contributed by atoms with Crippen LogP contribution in [0.2, 0.25) is 0 Å². The molecule has 0 bridgehead atoms. The number of rotatable bonds is 9. The Kier molecular flexibility index (Phi) is 6.60. The Labute approximate surface area is 137 Å². The minimum Gasteiger partial charge on any atom is -0.477 e. The summed E-state index contributed by atoms with van der Waals surface area (Å²) in [6.45, 7) is 5.38. The minimum atomic E-state index is 0.196. The van der Waals surface area contributed by atoms with Gasteiger partial charge in [-0.1, -0.05) is 19.9 Å². The molecule has 0 fully saturated rings. The molecule has 1 aromatic heterocycles. The van der Waals surface area contributed by atoms with Gasteiger partial charge in [0.25, 0.3) is 0 Å². The van der Waals surface area contributed by atoms with Gasteiger partial charge in [0.1, 0.15) is 0 Å². The van der Waals surface area contributed by atoms with Gasteiger partial charge in [0.2, 0.25) is 5.88 Å². The molecule has 0 radical (unpaired) electrons. The second-order valence-corrected chi connectivity index (χ2v) is 5.42. The molecule has 0 unspecified atom stereocenters. The molecule has 23 heavy (non-hydrogen) atoms. The molecule has 0 spiro atoms. The maximum atomic E-state index is 11.8. The summed E-state index contributed by atoms with van der Waals surface area (Å²) in [6.07, 6.45) is 4.17. The summed E-state index contributed by atoms with van der Waals surface area (Å²) >= 11 is 0. The van der Waals surface area contributed by atoms with Crippen molar-refractivity contribution in [1.82, 2.24) is 4.98 Å². The lowest BCUT2D eigenvalue weighted by molar-refractivity contribution is 0.0982. The van der Waals surface area contributed by atoms with Crippen LogP contribution in [0.15, 0.2) is 42.6 Å². The average Bonchev–Trinajstić information content (AvgIpc) is 2.59. The number of carbonyl (C=O) groups is 1. The van der Waals surface area contributed by atoms with E-state index in [1.54, 1.807) is 6.20 Å². The molecule has 0 saturated heterocycles. The van der Waals surface area contributed by atoms with Gasteiger partial charge in [-0.3, -0.25) is 4.79 Å². The van der Waals surface area contributed by atoms with E-state index in [9.17, 15) is 4.79 Å². The number of Topliss-reactive ketones (excluding diaryl/α,β-unsaturated/α-hetero) is 1. The molecule has 122 valence electrons. The zero-order valence-electron chi connectivity index (χ0n) is 13.8. The number of ketones is 1. The SMILES string of the molecule is CCCOc1ncccc1CNc1ccc(C(=O)CCC)cc1. The summed E-state index contributed by atoms with van der Waals surface area (Å²) in [5.74, 6) is 0.873. The van der Waals surface area contributed by atoms with E-state index in [-0.39, 0.29) is 5.78 Å². The number of nitrogens with zero attached hydrogens (tertiary/aromatic N) is 1. The Morgan fingerprint density at radius 1 is 1.13 bits per heavy atom. The molecule has 4 nitrogen and oxygen atoms in total. The first-order valence-electron chi connectivity index (χ1n) is 8.18. The van der Waals surface area contributed by atoms with Crippen molar-refractivity contribution in [3.05, 3.63) is 53.7 Å². The molecule has 2 aromatic rings. The van der Waals surface area contributed by atoms with Gasteiger partial charge < -0.3 is 10.1 Å². The second-order valence-electron chi connectivity index (χ2n) is 5.42. The summed E-state index contributed by atoms with van der Waals surface area (Å²) in [6, 6.07) is 11.5. The smallest absolute Gasteiger partial charge is 0.218 e. The van der Waals surface area contributed by atoms with Crippen molar-refractivity contribution in [1.29, 1.82) is 0 Å². The number of benzene rings is 1. The zero-order valence-corrected chi connectivity index (χ0v) is 13.8. The van der Waals surface area contributed by atoms with Gasteiger partial charge >= 0.3 is 0 Å². The van der Waals surface area contributed by atoms with Gasteiger partial charge in [0.05, 0.1) is 6.61 Å². The highest BCUT2D eigenvalue weighted by Crippen LogP contribution is 2.18. The third-order valence-electron chi connectivity index (χ3n) is 3.46. The van der Waals surface area contributed by atoms with E-state index < -0.39 is 0 Å². The lowest BCUT2D eigenvalue weighted by Gasteiger charge is -2.11. The van der Waals surface area contributed by atoms with Crippen LogP contribution in [0.3, 0.4) is 0 Å². The maximum absolute atomic E-state index is 11.8. The van der Waals surface area contributed by atoms with E-state index in [0.717, 1.165) is 29.7 Å². The normalized spacial score (nSPS) is 10.3. The fourth-order valence-electron chi connectivity index (χ4n) is 2.23. The standard InChI is InChI=1S/C19H24N2O2/c1-3-6-18(22)15-8-10-17(11-9-15)21-14-16-7-5-12-20-19(16)23-13-4-2/h5,7-12,21H,3-4,6,13-14H2,1-2H3. The number of nitrogens with one attached hydrogen (secondary N) is 1. The monoisotopic (exact) mass is 312 g/mol. The molecule has 0 aliphatic rings. The summed E-state index contributed by atoms with van der Waals surface area (Å²) in [4.78, 5) is 16.1. The molecule has 1 N–H and O–H groups in total. The van der Waals surface area contributed by atoms with Gasteiger partial charge in [-0.25, -0.2) is 4.98 Å². The lowest BCUT2D eigenvalue weighted by Crippen LogP contribution is -2.05. The predicted octanol–water partition coefficient (Wildman–Crippen LogP) is 4.47. The summed E-state index contributed by atoms with van der Waals surface area (Å²) in [5.41, 5.74) is 2.76. The number of anilines is 1. The van der Waals surface area contributed by atoms with Crippen LogP contribution in [0.5, 0.6) is 5.88 Å². The third-order valence-corrected chi connectivity index (χ3v) is 3.46. The number of ether oxygens (including phenoxy) is 1. The lowest BCUT2D eigenvalue weighted by atomic mass is 10.1. The van der Waals surface area contributed by atoms with Gasteiger partial charge in [0.15, 0.2) is 5.78 Å². The molecule has 4 heteroatoms. The highest BCUT2D eigenvalue weighted by atomic mass is 16.5. The van der Waals surface area contributed by atoms with Crippen molar-refractivity contribution < 1.29 is 9.53 Å². The van der Waals surface area contributed by atoms with Crippen molar-refractivity contribution in [3.63, 3.8) is 0 Å². The van der Waals surface area contributed by atoms with Crippen LogP contribution in [0, 0.1) is 0 Å². The van der Waals surface area contributed by atoms with Crippen LogP contribution >= 0.6 is 0 Å². The highest BCUT2D eigenvalue weighted by Gasteiger charge is 2.06. The maximum Gasteiger partial charge on any atom is 0.218 e. The first kappa shape index (κ1) is 17.0. The third kappa shape index (κ3) is 5.09. The molecule has 0 saturated carbocycles. The molecule has 0 aliphatic heterocycles.